The Morgan fingerprint density at radius 1 is 0.744 bits per heavy atom. The summed E-state index contributed by atoms with van der Waals surface area (Å²) in [6.07, 6.45) is 1.39. The first kappa shape index (κ1) is 26.6. The predicted octanol–water partition coefficient (Wildman–Crippen LogP) is 5.22. The number of anilines is 2. The molecule has 39 heavy (non-hydrogen) atoms. The second-order valence-corrected chi connectivity index (χ2v) is 8.10. The van der Waals surface area contributed by atoms with Gasteiger partial charge in [-0.05, 0) is 73.2 Å². The summed E-state index contributed by atoms with van der Waals surface area (Å²) in [6.45, 7) is 2.42. The highest BCUT2D eigenvalue weighted by atomic mass is 16.5. The summed E-state index contributed by atoms with van der Waals surface area (Å²) in [4.78, 5) is 37.7. The van der Waals surface area contributed by atoms with Gasteiger partial charge in [0, 0.05) is 5.69 Å². The summed E-state index contributed by atoms with van der Waals surface area (Å²) in [6, 6.07) is 29.6. The molecule has 0 aliphatic heterocycles. The second-order valence-electron chi connectivity index (χ2n) is 8.10. The minimum absolute atomic E-state index is 0.177. The molecule has 3 N–H and O–H groups in total. The average Bonchev–Trinajstić information content (AvgIpc) is 2.95. The van der Waals surface area contributed by atoms with E-state index in [2.05, 4.69) is 21.2 Å². The topological polar surface area (TPSA) is 118 Å². The molecule has 0 spiro atoms. The van der Waals surface area contributed by atoms with Gasteiger partial charge in [-0.1, -0.05) is 42.5 Å². The van der Waals surface area contributed by atoms with Crippen molar-refractivity contribution in [3.63, 3.8) is 0 Å². The fourth-order valence-electron chi connectivity index (χ4n) is 3.47. The van der Waals surface area contributed by atoms with Crippen LogP contribution < -0.4 is 25.5 Å². The van der Waals surface area contributed by atoms with Gasteiger partial charge in [0.25, 0.3) is 5.91 Å². The zero-order valence-corrected chi connectivity index (χ0v) is 21.1. The smallest absolute Gasteiger partial charge is 0.329 e. The lowest BCUT2D eigenvalue weighted by molar-refractivity contribution is -0.136. The van der Waals surface area contributed by atoms with E-state index in [1.165, 1.54) is 12.3 Å². The molecule has 9 heteroatoms. The third-order valence-electron chi connectivity index (χ3n) is 5.27. The van der Waals surface area contributed by atoms with Crippen LogP contribution in [0.4, 0.5) is 11.4 Å². The fourth-order valence-corrected chi connectivity index (χ4v) is 3.47. The van der Waals surface area contributed by atoms with Crippen molar-refractivity contribution in [2.75, 3.05) is 17.2 Å². The first-order valence-corrected chi connectivity index (χ1v) is 12.1. The van der Waals surface area contributed by atoms with Crippen LogP contribution in [-0.2, 0) is 9.59 Å². The van der Waals surface area contributed by atoms with E-state index in [0.29, 0.717) is 35.1 Å². The van der Waals surface area contributed by atoms with Gasteiger partial charge in [0.15, 0.2) is 0 Å². The summed E-state index contributed by atoms with van der Waals surface area (Å²) in [5.41, 5.74) is 3.76. The Bertz CT molecular complexity index is 1470. The molecule has 0 aliphatic rings. The van der Waals surface area contributed by atoms with Crippen LogP contribution in [0.3, 0.4) is 0 Å². The van der Waals surface area contributed by atoms with Crippen molar-refractivity contribution in [1.29, 1.82) is 0 Å². The van der Waals surface area contributed by atoms with Gasteiger partial charge in [0.1, 0.15) is 17.2 Å². The maximum Gasteiger partial charge on any atom is 0.329 e. The molecule has 4 rings (SSSR count). The molecule has 196 valence electrons. The molecule has 4 aromatic carbocycles. The van der Waals surface area contributed by atoms with Gasteiger partial charge in [-0.15, -0.1) is 0 Å². The van der Waals surface area contributed by atoms with Crippen LogP contribution in [0.2, 0.25) is 0 Å². The van der Waals surface area contributed by atoms with Crippen LogP contribution in [0.25, 0.3) is 0 Å². The number of hydrogen-bond donors (Lipinski definition) is 3. The SMILES string of the molecule is CCOc1ccc(NC(=O)c2ccccc2NC(=O)C(=O)NN=Cc2cccc(Oc3ccccc3)c2)cc1. The van der Waals surface area contributed by atoms with Crippen molar-refractivity contribution in [3.05, 3.63) is 114 Å². The van der Waals surface area contributed by atoms with Gasteiger partial charge in [0.2, 0.25) is 0 Å². The number of rotatable bonds is 9. The summed E-state index contributed by atoms with van der Waals surface area (Å²) in [5, 5.41) is 9.08. The summed E-state index contributed by atoms with van der Waals surface area (Å²) >= 11 is 0. The van der Waals surface area contributed by atoms with Crippen molar-refractivity contribution in [3.8, 4) is 17.2 Å². The molecule has 0 aliphatic carbocycles. The minimum Gasteiger partial charge on any atom is -0.494 e. The molecule has 0 bridgehead atoms. The summed E-state index contributed by atoms with van der Waals surface area (Å²) in [7, 11) is 0. The van der Waals surface area contributed by atoms with Crippen LogP contribution in [0, 0.1) is 0 Å². The Morgan fingerprint density at radius 2 is 1.46 bits per heavy atom. The monoisotopic (exact) mass is 522 g/mol. The Kier molecular flexibility index (Phi) is 9.01. The number of para-hydroxylation sites is 2. The van der Waals surface area contributed by atoms with Crippen LogP contribution in [0.5, 0.6) is 17.2 Å². The van der Waals surface area contributed by atoms with Gasteiger partial charge in [-0.25, -0.2) is 5.43 Å². The molecule has 0 aromatic heterocycles. The number of nitrogens with one attached hydrogen (secondary N) is 3. The molecular weight excluding hydrogens is 496 g/mol. The van der Waals surface area contributed by atoms with Gasteiger partial charge < -0.3 is 20.1 Å². The Hall–Kier alpha value is -5.44. The van der Waals surface area contributed by atoms with E-state index in [0.717, 1.165) is 0 Å². The van der Waals surface area contributed by atoms with Crippen molar-refractivity contribution < 1.29 is 23.9 Å². The third-order valence-corrected chi connectivity index (χ3v) is 5.27. The lowest BCUT2D eigenvalue weighted by Crippen LogP contribution is -2.33. The number of carbonyl (C=O) groups is 3. The predicted molar refractivity (Wildman–Crippen MR) is 149 cm³/mol. The minimum atomic E-state index is -0.996. The molecule has 3 amide bonds. The molecule has 4 aromatic rings. The number of hydrogen-bond acceptors (Lipinski definition) is 6. The Balaban J connectivity index is 1.34. The fraction of sp³-hybridized carbons (Fsp3) is 0.0667. The Morgan fingerprint density at radius 3 is 2.23 bits per heavy atom. The standard InChI is InChI=1S/C30H26N4O5/c1-2-38-23-17-15-22(16-18-23)32-28(35)26-13-6-7-14-27(26)33-29(36)30(37)34-31-20-21-9-8-12-25(19-21)39-24-10-4-3-5-11-24/h3-20H,2H2,1H3,(H,32,35)(H,33,36)(H,34,37). The van der Waals surface area contributed by atoms with Gasteiger partial charge in [-0.3, -0.25) is 14.4 Å². The van der Waals surface area contributed by atoms with Crippen molar-refractivity contribution >= 4 is 35.3 Å². The highest BCUT2D eigenvalue weighted by Crippen LogP contribution is 2.22. The maximum atomic E-state index is 12.8. The number of nitrogens with zero attached hydrogens (tertiary/aromatic N) is 1. The molecule has 9 nitrogen and oxygen atoms in total. The lowest BCUT2D eigenvalue weighted by Gasteiger charge is -2.11. The number of ether oxygens (including phenoxy) is 2. The van der Waals surface area contributed by atoms with Crippen molar-refractivity contribution in [2.45, 2.75) is 6.92 Å². The number of amides is 3. The summed E-state index contributed by atoms with van der Waals surface area (Å²) in [5.74, 6) is -0.463. The van der Waals surface area contributed by atoms with E-state index in [4.69, 9.17) is 9.47 Å². The number of benzene rings is 4. The molecule has 0 saturated heterocycles. The Labute approximate surface area is 225 Å². The summed E-state index contributed by atoms with van der Waals surface area (Å²) < 4.78 is 11.2. The van der Waals surface area contributed by atoms with Gasteiger partial charge in [-0.2, -0.15) is 5.10 Å². The molecule has 0 radical (unpaired) electrons. The number of hydrazone groups is 1. The van der Waals surface area contributed by atoms with Gasteiger partial charge >= 0.3 is 11.8 Å². The highest BCUT2D eigenvalue weighted by Gasteiger charge is 2.18. The largest absolute Gasteiger partial charge is 0.494 e. The molecule has 0 heterocycles. The highest BCUT2D eigenvalue weighted by molar-refractivity contribution is 6.40. The van der Waals surface area contributed by atoms with E-state index < -0.39 is 17.7 Å². The molecule has 0 unspecified atom stereocenters. The molecule has 0 fully saturated rings. The molecule has 0 atom stereocenters. The van der Waals surface area contributed by atoms with E-state index in [9.17, 15) is 14.4 Å². The van der Waals surface area contributed by atoms with Crippen LogP contribution in [0.1, 0.15) is 22.8 Å². The average molecular weight is 523 g/mol. The van der Waals surface area contributed by atoms with E-state index in [1.54, 1.807) is 66.7 Å². The van der Waals surface area contributed by atoms with E-state index >= 15 is 0 Å². The molecular formula is C30H26N4O5. The quantitative estimate of drug-likeness (QED) is 0.158. The van der Waals surface area contributed by atoms with Crippen LogP contribution >= 0.6 is 0 Å². The van der Waals surface area contributed by atoms with Crippen LogP contribution in [-0.4, -0.2) is 30.5 Å². The second kappa shape index (κ2) is 13.2. The van der Waals surface area contributed by atoms with E-state index in [1.807, 2.05) is 37.3 Å². The van der Waals surface area contributed by atoms with Crippen LogP contribution in [0.15, 0.2) is 108 Å². The van der Waals surface area contributed by atoms with E-state index in [-0.39, 0.29) is 11.3 Å². The molecule has 0 saturated carbocycles. The zero-order valence-electron chi connectivity index (χ0n) is 21.1. The maximum absolute atomic E-state index is 12.8. The van der Waals surface area contributed by atoms with Crippen molar-refractivity contribution in [2.24, 2.45) is 5.10 Å². The number of carbonyl (C=O) groups excluding carboxylic acids is 3. The van der Waals surface area contributed by atoms with Gasteiger partial charge in [0.05, 0.1) is 24.1 Å². The third kappa shape index (κ3) is 7.77. The first-order chi connectivity index (χ1) is 19.0. The normalized spacial score (nSPS) is 10.5. The zero-order chi connectivity index (χ0) is 27.5. The first-order valence-electron chi connectivity index (χ1n) is 12.1. The van der Waals surface area contributed by atoms with Crippen molar-refractivity contribution in [1.82, 2.24) is 5.43 Å². The lowest BCUT2D eigenvalue weighted by atomic mass is 10.1.